The molecule has 2 amide bonds. The van der Waals surface area contributed by atoms with E-state index in [0.29, 0.717) is 16.9 Å². The van der Waals surface area contributed by atoms with E-state index in [9.17, 15) is 18.0 Å². The summed E-state index contributed by atoms with van der Waals surface area (Å²) in [5.41, 5.74) is 1.60. The summed E-state index contributed by atoms with van der Waals surface area (Å²) in [6.45, 7) is -0.170. The number of likely N-dealkylation sites (N-methyl/N-ethyl adjacent to an activating group) is 1. The largest absolute Gasteiger partial charge is 0.323 e. The minimum absolute atomic E-state index is 0.170. The first-order chi connectivity index (χ1) is 12.3. The summed E-state index contributed by atoms with van der Waals surface area (Å²) in [6.07, 6.45) is 1.05. The van der Waals surface area contributed by atoms with Crippen molar-refractivity contribution < 1.29 is 18.0 Å². The van der Waals surface area contributed by atoms with Gasteiger partial charge in [0.05, 0.1) is 17.6 Å². The monoisotopic (exact) mass is 373 g/mol. The van der Waals surface area contributed by atoms with E-state index in [4.69, 9.17) is 0 Å². The molecule has 0 aromatic heterocycles. The number of hydrogen-bond acceptors (Lipinski definition) is 4. The van der Waals surface area contributed by atoms with Crippen molar-refractivity contribution in [1.29, 1.82) is 0 Å². The molecule has 136 valence electrons. The van der Waals surface area contributed by atoms with Gasteiger partial charge in [0.1, 0.15) is 12.6 Å². The first kappa shape index (κ1) is 18.1. The van der Waals surface area contributed by atoms with Crippen molar-refractivity contribution in [3.05, 3.63) is 60.2 Å². The smallest absolute Gasteiger partial charge is 0.250 e. The zero-order chi connectivity index (χ0) is 18.9. The number of carbonyl (C=O) groups excluding carboxylic acids is 2. The Morgan fingerprint density at radius 2 is 1.73 bits per heavy atom. The molecule has 8 heteroatoms. The number of carbonyl (C=O) groups is 2. The summed E-state index contributed by atoms with van der Waals surface area (Å²) < 4.78 is 25.3. The average Bonchev–Trinajstić information content (AvgIpc) is 2.61. The van der Waals surface area contributed by atoms with Crippen molar-refractivity contribution in [2.75, 3.05) is 30.1 Å². The number of hydrogen-bond donors (Lipinski definition) is 1. The van der Waals surface area contributed by atoms with Crippen LogP contribution in [0.3, 0.4) is 0 Å². The van der Waals surface area contributed by atoms with E-state index in [1.54, 1.807) is 54.6 Å². The van der Waals surface area contributed by atoms with E-state index < -0.39 is 22.0 Å². The normalized spacial score (nSPS) is 15.3. The molecule has 0 aliphatic carbocycles. The molecule has 26 heavy (non-hydrogen) atoms. The fourth-order valence-electron chi connectivity index (χ4n) is 2.91. The van der Waals surface area contributed by atoms with E-state index in [1.165, 1.54) is 11.9 Å². The van der Waals surface area contributed by atoms with Crippen LogP contribution < -0.4 is 10.2 Å². The van der Waals surface area contributed by atoms with Crippen molar-refractivity contribution in [1.82, 2.24) is 4.31 Å². The van der Waals surface area contributed by atoms with E-state index in [1.807, 2.05) is 0 Å². The molecule has 2 aromatic carbocycles. The predicted molar refractivity (Wildman–Crippen MR) is 99.2 cm³/mol. The number of fused-ring (bicyclic) bond motifs is 1. The molecule has 1 aliphatic rings. The molecule has 1 atom stereocenters. The van der Waals surface area contributed by atoms with Crippen molar-refractivity contribution in [3.63, 3.8) is 0 Å². The number of sulfonamides is 1. The summed E-state index contributed by atoms with van der Waals surface area (Å²) in [6, 6.07) is 14.5. The second-order valence-corrected chi connectivity index (χ2v) is 8.12. The summed E-state index contributed by atoms with van der Waals surface area (Å²) in [5, 5.41) is 2.72. The van der Waals surface area contributed by atoms with Gasteiger partial charge in [0.2, 0.25) is 15.9 Å². The van der Waals surface area contributed by atoms with Gasteiger partial charge in [-0.1, -0.05) is 42.5 Å². The first-order valence-corrected chi connectivity index (χ1v) is 9.82. The predicted octanol–water partition coefficient (Wildman–Crippen LogP) is 1.60. The molecule has 0 fully saturated rings. The molecular formula is C18H19N3O4S. The fourth-order valence-corrected chi connectivity index (χ4v) is 3.51. The highest BCUT2D eigenvalue weighted by Gasteiger charge is 2.37. The van der Waals surface area contributed by atoms with Gasteiger partial charge in [0.25, 0.3) is 5.91 Å². The lowest BCUT2D eigenvalue weighted by Crippen LogP contribution is -2.48. The van der Waals surface area contributed by atoms with Crippen LogP contribution in [-0.4, -0.2) is 44.4 Å². The van der Waals surface area contributed by atoms with Crippen LogP contribution in [0, 0.1) is 0 Å². The molecule has 0 spiro atoms. The highest BCUT2D eigenvalue weighted by molar-refractivity contribution is 7.88. The number of nitrogens with one attached hydrogen (secondary N) is 1. The van der Waals surface area contributed by atoms with Crippen molar-refractivity contribution >= 4 is 33.2 Å². The van der Waals surface area contributed by atoms with Crippen LogP contribution in [0.1, 0.15) is 11.6 Å². The number of anilines is 2. The van der Waals surface area contributed by atoms with Crippen LogP contribution in [0.4, 0.5) is 11.4 Å². The molecule has 1 heterocycles. The SMILES string of the molecule is CN(C(C(=O)N1CC(=O)Nc2ccccc21)c1ccccc1)S(C)(=O)=O. The third kappa shape index (κ3) is 3.47. The quantitative estimate of drug-likeness (QED) is 0.882. The average molecular weight is 373 g/mol. The molecule has 0 radical (unpaired) electrons. The lowest BCUT2D eigenvalue weighted by molar-refractivity contribution is -0.124. The Kier molecular flexibility index (Phi) is 4.80. The molecule has 7 nitrogen and oxygen atoms in total. The van der Waals surface area contributed by atoms with Gasteiger partial charge in [-0.05, 0) is 17.7 Å². The zero-order valence-electron chi connectivity index (χ0n) is 14.4. The zero-order valence-corrected chi connectivity index (χ0v) is 15.2. The Morgan fingerprint density at radius 3 is 2.38 bits per heavy atom. The second-order valence-electron chi connectivity index (χ2n) is 6.08. The van der Waals surface area contributed by atoms with E-state index >= 15 is 0 Å². The van der Waals surface area contributed by atoms with Crippen LogP contribution in [0.5, 0.6) is 0 Å². The molecule has 0 bridgehead atoms. The van der Waals surface area contributed by atoms with Gasteiger partial charge in [0.15, 0.2) is 0 Å². The molecule has 1 unspecified atom stereocenters. The van der Waals surface area contributed by atoms with Crippen LogP contribution in [0.2, 0.25) is 0 Å². The fraction of sp³-hybridized carbons (Fsp3) is 0.222. The minimum atomic E-state index is -3.64. The molecule has 1 N–H and O–H groups in total. The Labute approximate surface area is 152 Å². The third-order valence-electron chi connectivity index (χ3n) is 4.27. The van der Waals surface area contributed by atoms with Crippen molar-refractivity contribution in [2.45, 2.75) is 6.04 Å². The molecule has 0 saturated heterocycles. The number of rotatable bonds is 4. The minimum Gasteiger partial charge on any atom is -0.323 e. The first-order valence-electron chi connectivity index (χ1n) is 7.97. The maximum atomic E-state index is 13.3. The van der Waals surface area contributed by atoms with E-state index in [2.05, 4.69) is 5.32 Å². The lowest BCUT2D eigenvalue weighted by Gasteiger charge is -2.34. The summed E-state index contributed by atoms with van der Waals surface area (Å²) in [5.74, 6) is -0.808. The van der Waals surface area contributed by atoms with Crippen molar-refractivity contribution in [3.8, 4) is 0 Å². The lowest BCUT2D eigenvalue weighted by atomic mass is 10.0. The Morgan fingerprint density at radius 1 is 1.12 bits per heavy atom. The van der Waals surface area contributed by atoms with Gasteiger partial charge < -0.3 is 5.32 Å². The highest BCUT2D eigenvalue weighted by Crippen LogP contribution is 2.33. The van der Waals surface area contributed by atoms with Gasteiger partial charge in [-0.25, -0.2) is 8.42 Å². The van der Waals surface area contributed by atoms with E-state index in [-0.39, 0.29) is 12.5 Å². The van der Waals surface area contributed by atoms with Gasteiger partial charge in [-0.2, -0.15) is 4.31 Å². The van der Waals surface area contributed by atoms with Crippen LogP contribution >= 0.6 is 0 Å². The Balaban J connectivity index is 2.08. The third-order valence-corrected chi connectivity index (χ3v) is 5.53. The molecular weight excluding hydrogens is 354 g/mol. The van der Waals surface area contributed by atoms with Gasteiger partial charge in [0, 0.05) is 7.05 Å². The van der Waals surface area contributed by atoms with Crippen LogP contribution in [0.25, 0.3) is 0 Å². The van der Waals surface area contributed by atoms with Gasteiger partial charge >= 0.3 is 0 Å². The molecule has 2 aromatic rings. The topological polar surface area (TPSA) is 86.8 Å². The molecule has 0 saturated carbocycles. The van der Waals surface area contributed by atoms with Crippen LogP contribution in [0.15, 0.2) is 54.6 Å². The van der Waals surface area contributed by atoms with E-state index in [0.717, 1.165) is 10.6 Å². The van der Waals surface area contributed by atoms with Gasteiger partial charge in [-0.3, -0.25) is 14.5 Å². The van der Waals surface area contributed by atoms with Crippen LogP contribution in [-0.2, 0) is 19.6 Å². The Hall–Kier alpha value is -2.71. The standard InChI is InChI=1S/C18H19N3O4S/c1-20(26(2,24)25)17(13-8-4-3-5-9-13)18(23)21-12-16(22)19-14-10-6-7-11-15(14)21/h3-11,17H,12H2,1-2H3,(H,19,22). The molecule has 1 aliphatic heterocycles. The molecule has 3 rings (SSSR count). The summed E-state index contributed by atoms with van der Waals surface area (Å²) in [4.78, 5) is 26.7. The number of amides is 2. The maximum absolute atomic E-state index is 13.3. The summed E-state index contributed by atoms with van der Waals surface area (Å²) >= 11 is 0. The highest BCUT2D eigenvalue weighted by atomic mass is 32.2. The maximum Gasteiger partial charge on any atom is 0.250 e. The Bertz CT molecular complexity index is 944. The second kappa shape index (κ2) is 6.89. The number of benzene rings is 2. The number of para-hydroxylation sites is 2. The number of nitrogens with zero attached hydrogens (tertiary/aromatic N) is 2. The van der Waals surface area contributed by atoms with Gasteiger partial charge in [-0.15, -0.1) is 0 Å². The summed E-state index contributed by atoms with van der Waals surface area (Å²) in [7, 11) is -2.28. The van der Waals surface area contributed by atoms with Crippen molar-refractivity contribution in [2.24, 2.45) is 0 Å².